The van der Waals surface area contributed by atoms with Gasteiger partial charge in [0.15, 0.2) is 0 Å². The van der Waals surface area contributed by atoms with E-state index in [1.807, 2.05) is 18.2 Å². The van der Waals surface area contributed by atoms with Gasteiger partial charge in [-0.05, 0) is 82.6 Å². The van der Waals surface area contributed by atoms with Gasteiger partial charge >= 0.3 is 11.9 Å². The van der Waals surface area contributed by atoms with Crippen molar-refractivity contribution in [3.05, 3.63) is 136 Å². The Bertz CT molecular complexity index is 2200. The van der Waals surface area contributed by atoms with Gasteiger partial charge in [0.1, 0.15) is 21.5 Å². The highest BCUT2D eigenvalue weighted by molar-refractivity contribution is 8.25. The van der Waals surface area contributed by atoms with E-state index in [1.54, 1.807) is 6.08 Å². The number of aliphatic carboxylic acids is 2. The summed E-state index contributed by atoms with van der Waals surface area (Å²) in [6, 6.07) is 36.2. The Labute approximate surface area is 332 Å². The number of carboxylic acids is 2. The second-order valence-electron chi connectivity index (χ2n) is 14.0. The molecular weight excluding hydrogens is 751 g/mol. The number of hydrogen-bond donors (Lipinski definition) is 2. The number of hydrogen-bond acceptors (Lipinski definition) is 8. The van der Waals surface area contributed by atoms with Crippen LogP contribution in [-0.4, -0.2) is 77.8 Å². The molecule has 3 aliphatic heterocycles. The van der Waals surface area contributed by atoms with Gasteiger partial charge in [0.2, 0.25) is 5.91 Å². The number of rotatable bonds is 11. The van der Waals surface area contributed by atoms with E-state index in [9.17, 15) is 24.3 Å². The number of anilines is 2. The lowest BCUT2D eigenvalue weighted by molar-refractivity contribution is -0.143. The number of carbonyl (C=O) groups excluding carboxylic acids is 2. The fraction of sp³-hybridized carbons (Fsp3) is 0.233. The SMILES string of the molecule is O=C(O)CCN1C(=O)C(C2S/C(=C\c3ccc4c(c3)C3CCCC3N4c3ccc(C=C(c4ccccc4)c4ccccc4)cc3)C(=O)N2CC(=O)O)SC1=S. The van der Waals surface area contributed by atoms with Crippen molar-refractivity contribution in [1.82, 2.24) is 9.80 Å². The van der Waals surface area contributed by atoms with E-state index >= 15 is 0 Å². The molecule has 4 unspecified atom stereocenters. The smallest absolute Gasteiger partial charge is 0.323 e. The van der Waals surface area contributed by atoms with Crippen LogP contribution in [-0.2, 0) is 19.2 Å². The predicted molar refractivity (Wildman–Crippen MR) is 222 cm³/mol. The van der Waals surface area contributed by atoms with Crippen LogP contribution in [0.5, 0.6) is 0 Å². The number of thioether (sulfide) groups is 2. The molecule has 4 aromatic rings. The van der Waals surface area contributed by atoms with Crippen molar-refractivity contribution in [3.8, 4) is 0 Å². The molecule has 4 aliphatic rings. The zero-order valence-corrected chi connectivity index (χ0v) is 32.1. The molecule has 12 heteroatoms. The molecule has 4 aromatic carbocycles. The molecule has 3 fully saturated rings. The van der Waals surface area contributed by atoms with E-state index < -0.39 is 40.9 Å². The van der Waals surface area contributed by atoms with E-state index in [-0.39, 0.29) is 17.3 Å². The van der Waals surface area contributed by atoms with Crippen molar-refractivity contribution < 1.29 is 29.4 Å². The van der Waals surface area contributed by atoms with Crippen LogP contribution >= 0.6 is 35.7 Å². The van der Waals surface area contributed by atoms with Crippen molar-refractivity contribution >= 4 is 92.9 Å². The van der Waals surface area contributed by atoms with Gasteiger partial charge < -0.3 is 20.0 Å². The van der Waals surface area contributed by atoms with Crippen LogP contribution in [0.15, 0.2) is 108 Å². The van der Waals surface area contributed by atoms with E-state index in [1.165, 1.54) is 15.4 Å². The van der Waals surface area contributed by atoms with Crippen LogP contribution in [0, 0.1) is 0 Å². The maximum absolute atomic E-state index is 13.7. The molecule has 1 saturated carbocycles. The van der Waals surface area contributed by atoms with Crippen molar-refractivity contribution in [1.29, 1.82) is 0 Å². The highest BCUT2D eigenvalue weighted by atomic mass is 32.2. The summed E-state index contributed by atoms with van der Waals surface area (Å²) in [5.74, 6) is -2.79. The van der Waals surface area contributed by atoms with Crippen LogP contribution in [0.2, 0.25) is 0 Å². The Balaban J connectivity index is 1.06. The molecule has 2 amide bonds. The van der Waals surface area contributed by atoms with Gasteiger partial charge in [-0.3, -0.25) is 24.1 Å². The Morgan fingerprint density at radius 2 is 1.49 bits per heavy atom. The molecule has 4 atom stereocenters. The van der Waals surface area contributed by atoms with Gasteiger partial charge in [-0.1, -0.05) is 121 Å². The lowest BCUT2D eigenvalue weighted by Crippen LogP contribution is -2.45. The molecule has 55 heavy (non-hydrogen) atoms. The Hall–Kier alpha value is -5.17. The largest absolute Gasteiger partial charge is 0.481 e. The number of nitrogens with zero attached hydrogens (tertiary/aromatic N) is 3. The number of thiocarbonyl (C=S) groups is 1. The predicted octanol–water partition coefficient (Wildman–Crippen LogP) is 8.09. The van der Waals surface area contributed by atoms with Crippen molar-refractivity contribution in [2.45, 2.75) is 48.3 Å². The lowest BCUT2D eigenvalue weighted by atomic mass is 9.95. The molecule has 2 N–H and O–H groups in total. The second-order valence-corrected chi connectivity index (χ2v) is 16.9. The van der Waals surface area contributed by atoms with E-state index in [4.69, 9.17) is 17.3 Å². The first-order valence-corrected chi connectivity index (χ1v) is 20.3. The van der Waals surface area contributed by atoms with Gasteiger partial charge in [-0.25, -0.2) is 0 Å². The van der Waals surface area contributed by atoms with Gasteiger partial charge in [0, 0.05) is 29.9 Å². The zero-order chi connectivity index (χ0) is 38.2. The third-order valence-corrected chi connectivity index (χ3v) is 13.7. The molecule has 1 aliphatic carbocycles. The number of carboxylic acid groups (broad SMARTS) is 2. The normalized spacial score (nSPS) is 22.4. The first-order chi connectivity index (χ1) is 26.7. The maximum Gasteiger partial charge on any atom is 0.323 e. The van der Waals surface area contributed by atoms with E-state index in [0.717, 1.165) is 82.0 Å². The Morgan fingerprint density at radius 1 is 0.818 bits per heavy atom. The summed E-state index contributed by atoms with van der Waals surface area (Å²) in [5.41, 5.74) is 8.91. The monoisotopic (exact) mass is 787 g/mol. The molecular formula is C43H37N3O6S3. The van der Waals surface area contributed by atoms with Crippen LogP contribution in [0.3, 0.4) is 0 Å². The average molecular weight is 788 g/mol. The van der Waals surface area contributed by atoms with E-state index in [0.29, 0.717) is 16.9 Å². The molecule has 0 bridgehead atoms. The fourth-order valence-electron chi connectivity index (χ4n) is 8.10. The molecule has 0 aromatic heterocycles. The molecule has 278 valence electrons. The van der Waals surface area contributed by atoms with Gasteiger partial charge in [-0.2, -0.15) is 0 Å². The van der Waals surface area contributed by atoms with Gasteiger partial charge in [-0.15, -0.1) is 0 Å². The lowest BCUT2D eigenvalue weighted by Gasteiger charge is -2.27. The standard InChI is InChI=1S/C43H37N3O6S3/c47-37(48)20-21-44-41(52)39(55-43(44)53)42-45(25-38(49)50)40(51)36(54-42)24-27-16-19-35-33(23-27)31-12-7-13-34(31)46(35)30-17-14-26(15-18-30)22-32(28-8-3-1-4-9-28)29-10-5-2-6-11-29/h1-6,8-11,14-19,22-24,31,34,39,42H,7,12-13,20-21,25H2,(H,47,48)(H,49,50)/b36-24-. The van der Waals surface area contributed by atoms with Crippen molar-refractivity contribution in [2.75, 3.05) is 18.0 Å². The van der Waals surface area contributed by atoms with Crippen LogP contribution in [0.4, 0.5) is 11.4 Å². The molecule has 2 saturated heterocycles. The molecule has 9 nitrogen and oxygen atoms in total. The third kappa shape index (κ3) is 7.33. The summed E-state index contributed by atoms with van der Waals surface area (Å²) in [7, 11) is 0. The number of benzene rings is 4. The molecule has 0 spiro atoms. The average Bonchev–Trinajstić information content (AvgIpc) is 3.93. The van der Waals surface area contributed by atoms with Crippen LogP contribution < -0.4 is 4.90 Å². The first kappa shape index (κ1) is 36.8. The highest BCUT2D eigenvalue weighted by Crippen LogP contribution is 2.53. The summed E-state index contributed by atoms with van der Waals surface area (Å²) in [6.45, 7) is -0.653. The van der Waals surface area contributed by atoms with Crippen LogP contribution in [0.25, 0.3) is 17.7 Å². The van der Waals surface area contributed by atoms with Crippen molar-refractivity contribution in [2.24, 2.45) is 0 Å². The first-order valence-electron chi connectivity index (χ1n) is 18.2. The third-order valence-electron chi connectivity index (χ3n) is 10.6. The number of amides is 2. The molecule has 0 radical (unpaired) electrons. The minimum absolute atomic E-state index is 0.0809. The summed E-state index contributed by atoms with van der Waals surface area (Å²) < 4.78 is 0.224. The Kier molecular flexibility index (Phi) is 10.4. The molecule has 3 heterocycles. The van der Waals surface area contributed by atoms with Crippen molar-refractivity contribution in [3.63, 3.8) is 0 Å². The van der Waals surface area contributed by atoms with Gasteiger partial charge in [0.25, 0.3) is 5.91 Å². The summed E-state index contributed by atoms with van der Waals surface area (Å²) in [6.07, 6.45) is 7.01. The quantitative estimate of drug-likeness (QED) is 0.0878. The summed E-state index contributed by atoms with van der Waals surface area (Å²) in [4.78, 5) is 55.4. The minimum Gasteiger partial charge on any atom is -0.481 e. The minimum atomic E-state index is -1.19. The van der Waals surface area contributed by atoms with Crippen LogP contribution in [0.1, 0.15) is 59.4 Å². The zero-order valence-electron chi connectivity index (χ0n) is 29.6. The molecule has 8 rings (SSSR count). The second kappa shape index (κ2) is 15.5. The van der Waals surface area contributed by atoms with E-state index in [2.05, 4.69) is 95.9 Å². The van der Waals surface area contributed by atoms with Gasteiger partial charge in [0.05, 0.1) is 11.3 Å². The Morgan fingerprint density at radius 3 is 2.15 bits per heavy atom. The maximum atomic E-state index is 13.7. The number of fused-ring (bicyclic) bond motifs is 3. The topological polar surface area (TPSA) is 118 Å². The highest BCUT2D eigenvalue weighted by Gasteiger charge is 2.50. The summed E-state index contributed by atoms with van der Waals surface area (Å²) in [5, 5.41) is 17.2. The fourth-order valence-corrected chi connectivity index (χ4v) is 11.2. The number of carbonyl (C=O) groups is 4. The summed E-state index contributed by atoms with van der Waals surface area (Å²) >= 11 is 7.61.